The number of hydrogen-bond acceptors (Lipinski definition) is 3. The summed E-state index contributed by atoms with van der Waals surface area (Å²) in [6.45, 7) is 9.40. The van der Waals surface area contributed by atoms with Crippen LogP contribution in [0.3, 0.4) is 0 Å². The van der Waals surface area contributed by atoms with Crippen molar-refractivity contribution in [3.05, 3.63) is 22.8 Å². The summed E-state index contributed by atoms with van der Waals surface area (Å²) < 4.78 is 0. The second-order valence-electron chi connectivity index (χ2n) is 5.32. The van der Waals surface area contributed by atoms with E-state index >= 15 is 0 Å². The van der Waals surface area contributed by atoms with Gasteiger partial charge in [0.15, 0.2) is 5.69 Å². The molecule has 20 heavy (non-hydrogen) atoms. The van der Waals surface area contributed by atoms with Crippen molar-refractivity contribution in [2.45, 2.75) is 46.6 Å². The molecule has 0 fully saturated rings. The minimum atomic E-state index is -1.09. The first-order valence-corrected chi connectivity index (χ1v) is 7.44. The third-order valence-electron chi connectivity index (χ3n) is 3.27. The Bertz CT molecular complexity index is 459. The summed E-state index contributed by atoms with van der Waals surface area (Å²) in [5.74, 6) is 0.0708. The van der Waals surface area contributed by atoms with E-state index in [0.717, 1.165) is 19.4 Å². The molecule has 0 aliphatic rings. The maximum absolute atomic E-state index is 11.2. The standard InChI is InChI=1S/C15H23ClN2O2/c1-5-11(6-2)18(9-10(3)4)13-8-7-12(16)14(17-13)15(19)20/h7-8,10-11H,5-6,9H2,1-4H3,(H,19,20). The van der Waals surface area contributed by atoms with Gasteiger partial charge in [-0.05, 0) is 30.9 Å². The van der Waals surface area contributed by atoms with Crippen molar-refractivity contribution in [3.8, 4) is 0 Å². The summed E-state index contributed by atoms with van der Waals surface area (Å²) >= 11 is 5.89. The SMILES string of the molecule is CCC(CC)N(CC(C)C)c1ccc(Cl)c(C(=O)O)n1. The maximum Gasteiger partial charge on any atom is 0.356 e. The number of aromatic nitrogens is 1. The highest BCUT2D eigenvalue weighted by Gasteiger charge is 2.20. The van der Waals surface area contributed by atoms with Crippen LogP contribution in [-0.4, -0.2) is 28.6 Å². The number of anilines is 1. The van der Waals surface area contributed by atoms with Gasteiger partial charge in [-0.1, -0.05) is 39.3 Å². The monoisotopic (exact) mass is 298 g/mol. The van der Waals surface area contributed by atoms with E-state index in [0.29, 0.717) is 17.8 Å². The van der Waals surface area contributed by atoms with Crippen LogP contribution in [0.15, 0.2) is 12.1 Å². The quantitative estimate of drug-likeness (QED) is 0.824. The average Bonchev–Trinajstić information content (AvgIpc) is 2.38. The fourth-order valence-electron chi connectivity index (χ4n) is 2.29. The van der Waals surface area contributed by atoms with E-state index in [1.165, 1.54) is 0 Å². The Morgan fingerprint density at radius 3 is 2.40 bits per heavy atom. The lowest BCUT2D eigenvalue weighted by Crippen LogP contribution is -2.38. The topological polar surface area (TPSA) is 53.4 Å². The van der Waals surface area contributed by atoms with Gasteiger partial charge < -0.3 is 10.0 Å². The second kappa shape index (κ2) is 7.48. The van der Waals surface area contributed by atoms with Crippen LogP contribution in [0.4, 0.5) is 5.82 Å². The molecule has 0 bridgehead atoms. The van der Waals surface area contributed by atoms with E-state index in [4.69, 9.17) is 16.7 Å². The normalized spacial score (nSPS) is 11.2. The number of hydrogen-bond donors (Lipinski definition) is 1. The summed E-state index contributed by atoms with van der Waals surface area (Å²) in [4.78, 5) is 17.6. The fraction of sp³-hybridized carbons (Fsp3) is 0.600. The lowest BCUT2D eigenvalue weighted by atomic mass is 10.1. The van der Waals surface area contributed by atoms with E-state index in [-0.39, 0.29) is 10.7 Å². The first-order valence-electron chi connectivity index (χ1n) is 7.07. The molecule has 1 aromatic heterocycles. The van der Waals surface area contributed by atoms with Gasteiger partial charge in [-0.15, -0.1) is 0 Å². The second-order valence-corrected chi connectivity index (χ2v) is 5.73. The number of pyridine rings is 1. The van der Waals surface area contributed by atoms with Crippen molar-refractivity contribution in [3.63, 3.8) is 0 Å². The maximum atomic E-state index is 11.2. The van der Waals surface area contributed by atoms with E-state index in [9.17, 15) is 4.79 Å². The molecule has 1 rings (SSSR count). The van der Waals surface area contributed by atoms with Gasteiger partial charge >= 0.3 is 5.97 Å². The minimum Gasteiger partial charge on any atom is -0.476 e. The summed E-state index contributed by atoms with van der Waals surface area (Å²) in [6.07, 6.45) is 1.99. The lowest BCUT2D eigenvalue weighted by molar-refractivity contribution is 0.0691. The summed E-state index contributed by atoms with van der Waals surface area (Å²) in [5, 5.41) is 9.32. The Morgan fingerprint density at radius 2 is 1.95 bits per heavy atom. The molecule has 0 radical (unpaired) electrons. The molecule has 5 heteroatoms. The van der Waals surface area contributed by atoms with Gasteiger partial charge in [0, 0.05) is 12.6 Å². The Kier molecular flexibility index (Phi) is 6.27. The van der Waals surface area contributed by atoms with Crippen molar-refractivity contribution in [1.82, 2.24) is 4.98 Å². The molecule has 0 aromatic carbocycles. The summed E-state index contributed by atoms with van der Waals surface area (Å²) in [7, 11) is 0. The van der Waals surface area contributed by atoms with Gasteiger partial charge in [-0.25, -0.2) is 9.78 Å². The van der Waals surface area contributed by atoms with Crippen LogP contribution in [0.1, 0.15) is 51.0 Å². The zero-order valence-corrected chi connectivity index (χ0v) is 13.3. The number of rotatable bonds is 7. The molecular weight excluding hydrogens is 276 g/mol. The van der Waals surface area contributed by atoms with Gasteiger partial charge in [0.1, 0.15) is 5.82 Å². The first kappa shape index (κ1) is 16.8. The van der Waals surface area contributed by atoms with Crippen molar-refractivity contribution < 1.29 is 9.90 Å². The van der Waals surface area contributed by atoms with Crippen LogP contribution >= 0.6 is 11.6 Å². The van der Waals surface area contributed by atoms with Crippen LogP contribution in [0, 0.1) is 5.92 Å². The van der Waals surface area contributed by atoms with Crippen LogP contribution in [0.2, 0.25) is 5.02 Å². The lowest BCUT2D eigenvalue weighted by Gasteiger charge is -2.33. The zero-order valence-electron chi connectivity index (χ0n) is 12.6. The van der Waals surface area contributed by atoms with E-state index < -0.39 is 5.97 Å². The van der Waals surface area contributed by atoms with E-state index in [1.807, 2.05) is 0 Å². The Morgan fingerprint density at radius 1 is 1.35 bits per heavy atom. The Balaban J connectivity index is 3.19. The van der Waals surface area contributed by atoms with Gasteiger partial charge in [-0.2, -0.15) is 0 Å². The van der Waals surface area contributed by atoms with Gasteiger partial charge in [0.25, 0.3) is 0 Å². The molecule has 0 amide bonds. The summed E-state index contributed by atoms with van der Waals surface area (Å²) in [5.41, 5.74) is -0.0797. The molecule has 1 N–H and O–H groups in total. The molecule has 112 valence electrons. The number of carboxylic acids is 1. The van der Waals surface area contributed by atoms with Gasteiger partial charge in [0.2, 0.25) is 0 Å². The molecule has 0 spiro atoms. The average molecular weight is 299 g/mol. The van der Waals surface area contributed by atoms with Gasteiger partial charge in [0.05, 0.1) is 5.02 Å². The molecule has 1 aromatic rings. The van der Waals surface area contributed by atoms with Crippen LogP contribution < -0.4 is 4.90 Å². The number of halogens is 1. The number of nitrogens with zero attached hydrogens (tertiary/aromatic N) is 2. The molecule has 0 aliphatic carbocycles. The third kappa shape index (κ3) is 4.10. The molecule has 1 heterocycles. The highest BCUT2D eigenvalue weighted by atomic mass is 35.5. The predicted octanol–water partition coefficient (Wildman–Crippen LogP) is 4.08. The van der Waals surface area contributed by atoms with Crippen LogP contribution in [0.5, 0.6) is 0 Å². The zero-order chi connectivity index (χ0) is 15.3. The predicted molar refractivity (Wildman–Crippen MR) is 82.8 cm³/mol. The molecular formula is C15H23ClN2O2. The highest BCUT2D eigenvalue weighted by Crippen LogP contribution is 2.24. The fourth-order valence-corrected chi connectivity index (χ4v) is 2.48. The van der Waals surface area contributed by atoms with Gasteiger partial charge in [-0.3, -0.25) is 0 Å². The highest BCUT2D eigenvalue weighted by molar-refractivity contribution is 6.33. The number of carboxylic acid groups (broad SMARTS) is 1. The molecule has 4 nitrogen and oxygen atoms in total. The van der Waals surface area contributed by atoms with E-state index in [2.05, 4.69) is 37.6 Å². The third-order valence-corrected chi connectivity index (χ3v) is 3.58. The van der Waals surface area contributed by atoms with Crippen LogP contribution in [0.25, 0.3) is 0 Å². The van der Waals surface area contributed by atoms with Crippen molar-refractivity contribution in [2.75, 3.05) is 11.4 Å². The van der Waals surface area contributed by atoms with E-state index in [1.54, 1.807) is 12.1 Å². The molecule has 0 aliphatic heterocycles. The molecule has 0 saturated carbocycles. The largest absolute Gasteiger partial charge is 0.476 e. The van der Waals surface area contributed by atoms with Crippen molar-refractivity contribution in [2.24, 2.45) is 5.92 Å². The number of carbonyl (C=O) groups is 1. The van der Waals surface area contributed by atoms with Crippen LogP contribution in [-0.2, 0) is 0 Å². The first-order chi connectivity index (χ1) is 9.40. The molecule has 0 saturated heterocycles. The van der Waals surface area contributed by atoms with Crippen molar-refractivity contribution in [1.29, 1.82) is 0 Å². The Hall–Kier alpha value is -1.29. The molecule has 0 atom stereocenters. The minimum absolute atomic E-state index is 0.0797. The molecule has 0 unspecified atom stereocenters. The summed E-state index contributed by atoms with van der Waals surface area (Å²) in [6, 6.07) is 3.77. The number of aromatic carboxylic acids is 1. The smallest absolute Gasteiger partial charge is 0.356 e. The Labute approximate surface area is 125 Å². The van der Waals surface area contributed by atoms with Crippen molar-refractivity contribution >= 4 is 23.4 Å².